The largest absolute Gasteiger partial charge is 0.406 e. The SMILES string of the molecule is O=C(CSc1ccccc1)N(CCO)CC(F)(F)F. The molecule has 0 aliphatic rings. The molecule has 1 amide bonds. The molecule has 1 N–H and O–H groups in total. The van der Waals surface area contributed by atoms with E-state index in [9.17, 15) is 18.0 Å². The second kappa shape index (κ2) is 7.40. The minimum atomic E-state index is -4.46. The van der Waals surface area contributed by atoms with Crippen LogP contribution < -0.4 is 0 Å². The maximum absolute atomic E-state index is 12.3. The van der Waals surface area contributed by atoms with Crippen molar-refractivity contribution in [2.75, 3.05) is 25.4 Å². The van der Waals surface area contributed by atoms with E-state index in [4.69, 9.17) is 5.11 Å². The number of aliphatic hydroxyl groups excluding tert-OH is 1. The number of hydrogen-bond acceptors (Lipinski definition) is 3. The van der Waals surface area contributed by atoms with Crippen LogP contribution in [0.15, 0.2) is 35.2 Å². The van der Waals surface area contributed by atoms with E-state index in [1.54, 1.807) is 24.3 Å². The molecular weight excluding hydrogens is 279 g/mol. The fraction of sp³-hybridized carbons (Fsp3) is 0.417. The summed E-state index contributed by atoms with van der Waals surface area (Å²) in [5, 5.41) is 8.70. The molecule has 0 aliphatic heterocycles. The number of hydrogen-bond donors (Lipinski definition) is 1. The summed E-state index contributed by atoms with van der Waals surface area (Å²) in [6, 6.07) is 8.94. The van der Waals surface area contributed by atoms with Gasteiger partial charge in [0.25, 0.3) is 0 Å². The summed E-state index contributed by atoms with van der Waals surface area (Å²) in [6.07, 6.45) is -4.46. The lowest BCUT2D eigenvalue weighted by Crippen LogP contribution is -2.41. The first-order valence-corrected chi connectivity index (χ1v) is 6.54. The third-order valence-corrected chi connectivity index (χ3v) is 3.20. The summed E-state index contributed by atoms with van der Waals surface area (Å²) in [4.78, 5) is 13.1. The quantitative estimate of drug-likeness (QED) is 0.817. The lowest BCUT2D eigenvalue weighted by molar-refractivity contribution is -0.160. The summed E-state index contributed by atoms with van der Waals surface area (Å²) >= 11 is 1.17. The van der Waals surface area contributed by atoms with Crippen LogP contribution in [0.2, 0.25) is 0 Å². The number of carbonyl (C=O) groups is 1. The Morgan fingerprint density at radius 1 is 1.26 bits per heavy atom. The molecule has 0 unspecified atom stereocenters. The van der Waals surface area contributed by atoms with Crippen molar-refractivity contribution >= 4 is 17.7 Å². The predicted octanol–water partition coefficient (Wildman–Crippen LogP) is 2.16. The van der Waals surface area contributed by atoms with Gasteiger partial charge in [0.05, 0.1) is 12.4 Å². The van der Waals surface area contributed by atoms with E-state index in [1.165, 1.54) is 11.8 Å². The number of aliphatic hydroxyl groups is 1. The topological polar surface area (TPSA) is 40.5 Å². The standard InChI is InChI=1S/C12H14F3NO2S/c13-12(14,15)9-16(6-7-17)11(18)8-19-10-4-2-1-3-5-10/h1-5,17H,6-9H2. The zero-order chi connectivity index (χ0) is 14.3. The Morgan fingerprint density at radius 3 is 2.42 bits per heavy atom. The maximum atomic E-state index is 12.3. The summed E-state index contributed by atoms with van der Waals surface area (Å²) in [6.45, 7) is -2.13. The lowest BCUT2D eigenvalue weighted by Gasteiger charge is -2.22. The molecule has 0 bridgehead atoms. The van der Waals surface area contributed by atoms with Gasteiger partial charge in [-0.2, -0.15) is 13.2 Å². The zero-order valence-electron chi connectivity index (χ0n) is 10.1. The Morgan fingerprint density at radius 2 is 1.89 bits per heavy atom. The summed E-state index contributed by atoms with van der Waals surface area (Å²) in [7, 11) is 0. The van der Waals surface area contributed by atoms with Gasteiger partial charge in [-0.25, -0.2) is 0 Å². The van der Waals surface area contributed by atoms with Crippen molar-refractivity contribution in [2.45, 2.75) is 11.1 Å². The number of nitrogens with zero attached hydrogens (tertiary/aromatic N) is 1. The van der Waals surface area contributed by atoms with Gasteiger partial charge >= 0.3 is 6.18 Å². The fourth-order valence-corrected chi connectivity index (χ4v) is 2.20. The summed E-state index contributed by atoms with van der Waals surface area (Å²) in [5.74, 6) is -0.722. The van der Waals surface area contributed by atoms with Crippen LogP contribution in [-0.2, 0) is 4.79 Å². The molecular formula is C12H14F3NO2S. The fourth-order valence-electron chi connectivity index (χ4n) is 1.38. The van der Waals surface area contributed by atoms with Crippen LogP contribution in [0.5, 0.6) is 0 Å². The normalized spacial score (nSPS) is 11.4. The Kier molecular flexibility index (Phi) is 6.17. The number of halogens is 3. The van der Waals surface area contributed by atoms with Crippen molar-refractivity contribution < 1.29 is 23.1 Å². The molecule has 1 rings (SSSR count). The molecule has 0 fully saturated rings. The van der Waals surface area contributed by atoms with Crippen LogP contribution in [0.3, 0.4) is 0 Å². The number of rotatable bonds is 6. The van der Waals surface area contributed by atoms with E-state index < -0.39 is 25.2 Å². The number of amides is 1. The van der Waals surface area contributed by atoms with E-state index in [1.807, 2.05) is 6.07 Å². The second-order valence-electron chi connectivity index (χ2n) is 3.76. The summed E-state index contributed by atoms with van der Waals surface area (Å²) in [5.41, 5.74) is 0. The molecule has 19 heavy (non-hydrogen) atoms. The molecule has 0 spiro atoms. The zero-order valence-corrected chi connectivity index (χ0v) is 10.9. The monoisotopic (exact) mass is 293 g/mol. The van der Waals surface area contributed by atoms with Crippen LogP contribution in [0.4, 0.5) is 13.2 Å². The van der Waals surface area contributed by atoms with Gasteiger partial charge in [0.15, 0.2) is 0 Å². The first-order valence-electron chi connectivity index (χ1n) is 5.55. The van der Waals surface area contributed by atoms with Gasteiger partial charge in [0.1, 0.15) is 6.54 Å². The smallest absolute Gasteiger partial charge is 0.395 e. The van der Waals surface area contributed by atoms with Crippen molar-refractivity contribution in [2.24, 2.45) is 0 Å². The van der Waals surface area contributed by atoms with Crippen LogP contribution in [-0.4, -0.2) is 47.5 Å². The Bertz CT molecular complexity index is 398. The number of benzene rings is 1. The van der Waals surface area contributed by atoms with Crippen LogP contribution in [0.1, 0.15) is 0 Å². The van der Waals surface area contributed by atoms with E-state index in [0.29, 0.717) is 4.90 Å². The van der Waals surface area contributed by atoms with Gasteiger partial charge in [-0.05, 0) is 12.1 Å². The average molecular weight is 293 g/mol. The highest BCUT2D eigenvalue weighted by Crippen LogP contribution is 2.20. The highest BCUT2D eigenvalue weighted by Gasteiger charge is 2.32. The molecule has 0 aliphatic carbocycles. The van der Waals surface area contributed by atoms with Gasteiger partial charge in [0.2, 0.25) is 5.91 Å². The van der Waals surface area contributed by atoms with E-state index >= 15 is 0 Å². The average Bonchev–Trinajstić information content (AvgIpc) is 2.35. The van der Waals surface area contributed by atoms with Crippen molar-refractivity contribution in [3.05, 3.63) is 30.3 Å². The van der Waals surface area contributed by atoms with Gasteiger partial charge in [-0.3, -0.25) is 4.79 Å². The van der Waals surface area contributed by atoms with Gasteiger partial charge < -0.3 is 10.0 Å². The van der Waals surface area contributed by atoms with Crippen molar-refractivity contribution in [3.8, 4) is 0 Å². The van der Waals surface area contributed by atoms with Crippen LogP contribution in [0.25, 0.3) is 0 Å². The number of alkyl halides is 3. The van der Waals surface area contributed by atoms with E-state index in [-0.39, 0.29) is 12.3 Å². The molecule has 7 heteroatoms. The lowest BCUT2D eigenvalue weighted by atomic mass is 10.4. The maximum Gasteiger partial charge on any atom is 0.406 e. The molecule has 0 saturated heterocycles. The van der Waals surface area contributed by atoms with Gasteiger partial charge in [0, 0.05) is 11.4 Å². The molecule has 0 atom stereocenters. The number of thioether (sulfide) groups is 1. The molecule has 1 aromatic carbocycles. The second-order valence-corrected chi connectivity index (χ2v) is 4.80. The van der Waals surface area contributed by atoms with Crippen molar-refractivity contribution in [1.82, 2.24) is 4.90 Å². The first-order chi connectivity index (χ1) is 8.92. The molecule has 0 radical (unpaired) electrons. The Hall–Kier alpha value is -1.21. The van der Waals surface area contributed by atoms with Crippen molar-refractivity contribution in [3.63, 3.8) is 0 Å². The van der Waals surface area contributed by atoms with Gasteiger partial charge in [-0.1, -0.05) is 18.2 Å². The van der Waals surface area contributed by atoms with E-state index in [0.717, 1.165) is 4.90 Å². The highest BCUT2D eigenvalue weighted by atomic mass is 32.2. The van der Waals surface area contributed by atoms with E-state index in [2.05, 4.69) is 0 Å². The number of carbonyl (C=O) groups excluding carboxylic acids is 1. The molecule has 106 valence electrons. The molecule has 1 aromatic rings. The first kappa shape index (κ1) is 15.8. The Balaban J connectivity index is 2.52. The molecule has 0 aromatic heterocycles. The van der Waals surface area contributed by atoms with Gasteiger partial charge in [-0.15, -0.1) is 11.8 Å². The Labute approximate surface area is 113 Å². The third kappa shape index (κ3) is 6.49. The minimum Gasteiger partial charge on any atom is -0.395 e. The molecule has 0 saturated carbocycles. The minimum absolute atomic E-state index is 0.0832. The molecule has 0 heterocycles. The van der Waals surface area contributed by atoms with Crippen LogP contribution >= 0.6 is 11.8 Å². The van der Waals surface area contributed by atoms with Crippen molar-refractivity contribution in [1.29, 1.82) is 0 Å². The van der Waals surface area contributed by atoms with Crippen LogP contribution in [0, 0.1) is 0 Å². The third-order valence-electron chi connectivity index (χ3n) is 2.20. The predicted molar refractivity (Wildman–Crippen MR) is 66.9 cm³/mol. The molecule has 3 nitrogen and oxygen atoms in total. The highest BCUT2D eigenvalue weighted by molar-refractivity contribution is 8.00. The summed E-state index contributed by atoms with van der Waals surface area (Å²) < 4.78 is 36.8.